The van der Waals surface area contributed by atoms with E-state index in [9.17, 15) is 9.59 Å². The molecule has 0 aliphatic heterocycles. The van der Waals surface area contributed by atoms with E-state index in [1.54, 1.807) is 16.2 Å². The van der Waals surface area contributed by atoms with E-state index in [1.807, 2.05) is 36.4 Å². The van der Waals surface area contributed by atoms with Gasteiger partial charge in [0.25, 0.3) is 0 Å². The summed E-state index contributed by atoms with van der Waals surface area (Å²) in [6, 6.07) is 11.6. The fourth-order valence-corrected chi connectivity index (χ4v) is 3.15. The molecule has 0 aliphatic carbocycles. The molecule has 28 heavy (non-hydrogen) atoms. The number of carbonyl (C=O) groups excluding carboxylic acids is 1. The van der Waals surface area contributed by atoms with E-state index in [1.165, 1.54) is 7.11 Å². The first-order chi connectivity index (χ1) is 13.2. The Labute approximate surface area is 164 Å². The van der Waals surface area contributed by atoms with Crippen molar-refractivity contribution in [2.75, 3.05) is 7.11 Å². The number of ether oxygens (including phenoxy) is 1. The summed E-state index contributed by atoms with van der Waals surface area (Å²) in [5.74, 6) is 0. The molecular formula is C21H26N4O3. The zero-order chi connectivity index (χ0) is 20.5. The van der Waals surface area contributed by atoms with Crippen molar-refractivity contribution in [3.05, 3.63) is 52.4 Å². The summed E-state index contributed by atoms with van der Waals surface area (Å²) < 4.78 is 7.97. The lowest BCUT2D eigenvalue weighted by molar-refractivity contribution is 0.170. The Bertz CT molecular complexity index is 1070. The number of carbonyl (C=O) groups is 1. The van der Waals surface area contributed by atoms with Crippen molar-refractivity contribution in [2.45, 2.75) is 33.9 Å². The van der Waals surface area contributed by atoms with Crippen molar-refractivity contribution in [1.29, 1.82) is 0 Å². The second kappa shape index (κ2) is 7.50. The molecule has 1 N–H and O–H groups in total. The monoisotopic (exact) mass is 382 g/mol. The molecule has 0 saturated carbocycles. The predicted molar refractivity (Wildman–Crippen MR) is 109 cm³/mol. The molecule has 7 nitrogen and oxygen atoms in total. The molecule has 0 aliphatic rings. The van der Waals surface area contributed by atoms with Gasteiger partial charge in [0, 0.05) is 25.7 Å². The molecule has 3 aromatic rings. The third kappa shape index (κ3) is 4.08. The Kier molecular flexibility index (Phi) is 5.27. The largest absolute Gasteiger partial charge is 0.453 e. The number of aryl methyl sites for hydroxylation is 1. The van der Waals surface area contributed by atoms with E-state index < -0.39 is 6.09 Å². The second-order valence-electron chi connectivity index (χ2n) is 8.07. The number of pyridine rings is 1. The summed E-state index contributed by atoms with van der Waals surface area (Å²) in [5, 5.41) is 2.67. The highest BCUT2D eigenvalue weighted by Gasteiger charge is 2.18. The van der Waals surface area contributed by atoms with Crippen LogP contribution in [0.2, 0.25) is 0 Å². The molecule has 1 aromatic carbocycles. The second-order valence-corrected chi connectivity index (χ2v) is 8.07. The number of amides is 1. The van der Waals surface area contributed by atoms with Gasteiger partial charge in [-0.25, -0.2) is 14.6 Å². The Hall–Kier alpha value is -3.09. The average Bonchev–Trinajstić information content (AvgIpc) is 2.89. The summed E-state index contributed by atoms with van der Waals surface area (Å²) in [5.41, 5.74) is 4.03. The predicted octanol–water partition coefficient (Wildman–Crippen LogP) is 3.30. The zero-order valence-corrected chi connectivity index (χ0v) is 16.9. The summed E-state index contributed by atoms with van der Waals surface area (Å²) in [6.07, 6.45) is -0.472. The molecule has 2 aromatic heterocycles. The molecule has 2 heterocycles. The SMILES string of the molecule is COC(=O)NCc1cccc(-c2ccc3c(n2)n(C)c(=O)n3CC(C)(C)C)c1. The highest BCUT2D eigenvalue weighted by molar-refractivity contribution is 5.76. The molecule has 3 rings (SSSR count). The zero-order valence-electron chi connectivity index (χ0n) is 16.9. The topological polar surface area (TPSA) is 78.2 Å². The van der Waals surface area contributed by atoms with Gasteiger partial charge in [0.1, 0.15) is 0 Å². The summed E-state index contributed by atoms with van der Waals surface area (Å²) >= 11 is 0. The molecule has 1 amide bonds. The van der Waals surface area contributed by atoms with E-state index in [0.29, 0.717) is 18.7 Å². The normalized spacial score (nSPS) is 11.6. The molecule has 7 heteroatoms. The van der Waals surface area contributed by atoms with Crippen LogP contribution in [-0.2, 0) is 24.9 Å². The Morgan fingerprint density at radius 1 is 1.21 bits per heavy atom. The standard InChI is InChI=1S/C21H26N4O3/c1-21(2,3)13-25-17-10-9-16(23-18(17)24(4)20(25)27)15-8-6-7-14(11-15)12-22-19(26)28-5/h6-11H,12-13H2,1-5H3,(H,22,26). The lowest BCUT2D eigenvalue weighted by Gasteiger charge is -2.18. The van der Waals surface area contributed by atoms with Crippen LogP contribution in [0.25, 0.3) is 22.4 Å². The fourth-order valence-electron chi connectivity index (χ4n) is 3.15. The molecule has 0 spiro atoms. The number of hydrogen-bond acceptors (Lipinski definition) is 4. The van der Waals surface area contributed by atoms with E-state index in [0.717, 1.165) is 22.3 Å². The van der Waals surface area contributed by atoms with Crippen molar-refractivity contribution in [3.63, 3.8) is 0 Å². The van der Waals surface area contributed by atoms with E-state index in [4.69, 9.17) is 4.98 Å². The van der Waals surface area contributed by atoms with Crippen LogP contribution in [0.1, 0.15) is 26.3 Å². The van der Waals surface area contributed by atoms with Crippen molar-refractivity contribution in [3.8, 4) is 11.3 Å². The molecule has 0 bridgehead atoms. The molecule has 0 fully saturated rings. The first-order valence-corrected chi connectivity index (χ1v) is 9.17. The van der Waals surface area contributed by atoms with Gasteiger partial charge in [-0.2, -0.15) is 0 Å². The van der Waals surface area contributed by atoms with Crippen LogP contribution in [-0.4, -0.2) is 27.3 Å². The lowest BCUT2D eigenvalue weighted by atomic mass is 9.97. The van der Waals surface area contributed by atoms with Crippen LogP contribution in [0.4, 0.5) is 4.79 Å². The van der Waals surface area contributed by atoms with Gasteiger partial charge < -0.3 is 10.1 Å². The number of hydrogen-bond donors (Lipinski definition) is 1. The quantitative estimate of drug-likeness (QED) is 0.751. The van der Waals surface area contributed by atoms with Crippen LogP contribution >= 0.6 is 0 Å². The van der Waals surface area contributed by atoms with Gasteiger partial charge in [-0.05, 0) is 29.2 Å². The lowest BCUT2D eigenvalue weighted by Crippen LogP contribution is -2.27. The molecule has 0 atom stereocenters. The highest BCUT2D eigenvalue weighted by atomic mass is 16.5. The van der Waals surface area contributed by atoms with Crippen LogP contribution in [0.15, 0.2) is 41.2 Å². The number of methoxy groups -OCH3 is 1. The van der Waals surface area contributed by atoms with Crippen LogP contribution in [0.3, 0.4) is 0 Å². The third-order valence-corrected chi connectivity index (χ3v) is 4.46. The van der Waals surface area contributed by atoms with Gasteiger partial charge in [-0.3, -0.25) is 9.13 Å². The minimum absolute atomic E-state index is 0.0161. The van der Waals surface area contributed by atoms with Crippen molar-refractivity contribution < 1.29 is 9.53 Å². The van der Waals surface area contributed by atoms with Gasteiger partial charge in [-0.1, -0.05) is 39.0 Å². The van der Waals surface area contributed by atoms with E-state index in [2.05, 4.69) is 30.8 Å². The third-order valence-electron chi connectivity index (χ3n) is 4.46. The Balaban J connectivity index is 1.98. The Morgan fingerprint density at radius 2 is 1.96 bits per heavy atom. The van der Waals surface area contributed by atoms with Crippen molar-refractivity contribution >= 4 is 17.3 Å². The smallest absolute Gasteiger partial charge is 0.407 e. The van der Waals surface area contributed by atoms with Crippen LogP contribution < -0.4 is 11.0 Å². The molecule has 0 radical (unpaired) electrons. The average molecular weight is 382 g/mol. The van der Waals surface area contributed by atoms with E-state index >= 15 is 0 Å². The highest BCUT2D eigenvalue weighted by Crippen LogP contribution is 2.23. The maximum atomic E-state index is 12.7. The number of benzene rings is 1. The minimum Gasteiger partial charge on any atom is -0.453 e. The van der Waals surface area contributed by atoms with Crippen LogP contribution in [0.5, 0.6) is 0 Å². The number of rotatable bonds is 4. The first kappa shape index (κ1) is 19.7. The maximum absolute atomic E-state index is 12.7. The van der Waals surface area contributed by atoms with Gasteiger partial charge in [0.05, 0.1) is 18.3 Å². The summed E-state index contributed by atoms with van der Waals surface area (Å²) in [4.78, 5) is 28.7. The number of nitrogens with zero attached hydrogens (tertiary/aromatic N) is 3. The minimum atomic E-state index is -0.472. The van der Waals surface area contributed by atoms with Gasteiger partial charge in [0.15, 0.2) is 5.65 Å². The van der Waals surface area contributed by atoms with Crippen molar-refractivity contribution in [1.82, 2.24) is 19.4 Å². The number of imidazole rings is 1. The van der Waals surface area contributed by atoms with Crippen molar-refractivity contribution in [2.24, 2.45) is 12.5 Å². The fraction of sp³-hybridized carbons (Fsp3) is 0.381. The number of nitrogens with one attached hydrogen (secondary N) is 1. The number of aromatic nitrogens is 3. The van der Waals surface area contributed by atoms with Gasteiger partial charge in [-0.15, -0.1) is 0 Å². The summed E-state index contributed by atoms with van der Waals surface area (Å²) in [6.45, 7) is 7.30. The van der Waals surface area contributed by atoms with Gasteiger partial charge >= 0.3 is 11.8 Å². The number of alkyl carbamates (subject to hydrolysis) is 1. The van der Waals surface area contributed by atoms with Crippen LogP contribution in [0, 0.1) is 5.41 Å². The molecule has 0 unspecified atom stereocenters. The molecular weight excluding hydrogens is 356 g/mol. The van der Waals surface area contributed by atoms with Gasteiger partial charge in [0.2, 0.25) is 0 Å². The molecule has 0 saturated heterocycles. The maximum Gasteiger partial charge on any atom is 0.407 e. The van der Waals surface area contributed by atoms with E-state index in [-0.39, 0.29) is 11.1 Å². The first-order valence-electron chi connectivity index (χ1n) is 9.17. The summed E-state index contributed by atoms with van der Waals surface area (Å²) in [7, 11) is 3.08. The molecule has 148 valence electrons. The number of fused-ring (bicyclic) bond motifs is 1. The Morgan fingerprint density at radius 3 is 2.64 bits per heavy atom.